The first-order valence-electron chi connectivity index (χ1n) is 5.52. The third-order valence-electron chi connectivity index (χ3n) is 2.73. The van der Waals surface area contributed by atoms with Gasteiger partial charge in [-0.2, -0.15) is 0 Å². The normalized spacial score (nSPS) is 13.2. The third-order valence-corrected chi connectivity index (χ3v) is 4.91. The fourth-order valence-electron chi connectivity index (χ4n) is 1.58. The van der Waals surface area contributed by atoms with Crippen LogP contribution in [0.25, 0.3) is 0 Å². The van der Waals surface area contributed by atoms with Gasteiger partial charge < -0.3 is 5.73 Å². The topological polar surface area (TPSA) is 103 Å². The van der Waals surface area contributed by atoms with Gasteiger partial charge in [0.25, 0.3) is 5.69 Å². The van der Waals surface area contributed by atoms with E-state index in [1.807, 2.05) is 0 Å². The van der Waals surface area contributed by atoms with Gasteiger partial charge >= 0.3 is 0 Å². The summed E-state index contributed by atoms with van der Waals surface area (Å²) in [7, 11) is -3.42. The monoisotopic (exact) mass is 272 g/mol. The lowest BCUT2D eigenvalue weighted by Gasteiger charge is -2.11. The van der Waals surface area contributed by atoms with Gasteiger partial charge in [-0.25, -0.2) is 8.42 Å². The predicted molar refractivity (Wildman–Crippen MR) is 68.9 cm³/mol. The van der Waals surface area contributed by atoms with Crippen LogP contribution in [0.4, 0.5) is 5.69 Å². The maximum Gasteiger partial charge on any atom is 0.273 e. The molecule has 7 heteroatoms. The molecule has 0 aromatic heterocycles. The van der Waals surface area contributed by atoms with Crippen molar-refractivity contribution in [3.63, 3.8) is 0 Å². The molecule has 100 valence electrons. The number of nitro groups is 1. The minimum absolute atomic E-state index is 0.166. The fraction of sp³-hybridized carbons (Fsp3) is 0.455. The van der Waals surface area contributed by atoms with Crippen LogP contribution in [0.1, 0.15) is 18.9 Å². The van der Waals surface area contributed by atoms with Crippen molar-refractivity contribution in [2.75, 3.05) is 6.54 Å². The Balaban J connectivity index is 3.01. The van der Waals surface area contributed by atoms with Crippen molar-refractivity contribution >= 4 is 15.5 Å². The first-order chi connectivity index (χ1) is 8.38. The molecule has 1 atom stereocenters. The van der Waals surface area contributed by atoms with E-state index in [1.54, 1.807) is 13.0 Å². The first kappa shape index (κ1) is 14.6. The van der Waals surface area contributed by atoms with Gasteiger partial charge in [0.15, 0.2) is 9.84 Å². The fourth-order valence-corrected chi connectivity index (χ4v) is 3.04. The van der Waals surface area contributed by atoms with Crippen LogP contribution in [-0.2, 0) is 15.6 Å². The zero-order chi connectivity index (χ0) is 13.8. The molecule has 0 saturated carbocycles. The maximum atomic E-state index is 12.0. The van der Waals surface area contributed by atoms with E-state index in [4.69, 9.17) is 5.73 Å². The minimum atomic E-state index is -3.42. The quantitative estimate of drug-likeness (QED) is 0.620. The molecule has 0 fully saturated rings. The van der Waals surface area contributed by atoms with Crippen LogP contribution in [0.5, 0.6) is 0 Å². The van der Waals surface area contributed by atoms with Crippen molar-refractivity contribution in [1.82, 2.24) is 0 Å². The molecule has 1 rings (SSSR count). The zero-order valence-corrected chi connectivity index (χ0v) is 10.9. The summed E-state index contributed by atoms with van der Waals surface area (Å²) in [6, 6.07) is 5.87. The molecule has 2 N–H and O–H groups in total. The van der Waals surface area contributed by atoms with E-state index in [2.05, 4.69) is 0 Å². The molecule has 1 unspecified atom stereocenters. The number of para-hydroxylation sites is 1. The Bertz CT molecular complexity index is 528. The van der Waals surface area contributed by atoms with Crippen molar-refractivity contribution in [3.05, 3.63) is 39.9 Å². The molecular weight excluding hydrogens is 256 g/mol. The van der Waals surface area contributed by atoms with E-state index in [-0.39, 0.29) is 23.5 Å². The van der Waals surface area contributed by atoms with E-state index in [9.17, 15) is 18.5 Å². The summed E-state index contributed by atoms with van der Waals surface area (Å²) in [5.41, 5.74) is 5.37. The summed E-state index contributed by atoms with van der Waals surface area (Å²) in [5.74, 6) is -0.328. The number of rotatable bonds is 6. The summed E-state index contributed by atoms with van der Waals surface area (Å²) >= 11 is 0. The highest BCUT2D eigenvalue weighted by molar-refractivity contribution is 7.91. The second-order valence-electron chi connectivity index (χ2n) is 4.08. The Kier molecular flexibility index (Phi) is 4.80. The highest BCUT2D eigenvalue weighted by Gasteiger charge is 2.24. The Morgan fingerprint density at radius 2 is 2.00 bits per heavy atom. The van der Waals surface area contributed by atoms with E-state index in [0.29, 0.717) is 6.42 Å². The maximum absolute atomic E-state index is 12.0. The first-order valence-corrected chi connectivity index (χ1v) is 7.24. The van der Waals surface area contributed by atoms with Gasteiger partial charge in [0.05, 0.1) is 15.9 Å². The number of hydrogen-bond donors (Lipinski definition) is 1. The van der Waals surface area contributed by atoms with Crippen molar-refractivity contribution in [2.24, 2.45) is 5.73 Å². The number of nitrogens with two attached hydrogens (primary N) is 1. The van der Waals surface area contributed by atoms with Gasteiger partial charge in [-0.05, 0) is 19.9 Å². The molecule has 0 saturated heterocycles. The predicted octanol–water partition coefficient (Wildman–Crippen LogP) is 1.25. The lowest BCUT2D eigenvalue weighted by atomic mass is 10.2. The zero-order valence-electron chi connectivity index (χ0n) is 10.1. The van der Waals surface area contributed by atoms with E-state index in [1.165, 1.54) is 18.2 Å². The standard InChI is InChI=1S/C11H16N2O4S/c1-9(6-7-12)18(16,17)8-10-4-2-3-5-11(10)13(14)15/h2-5,9H,6-8,12H2,1H3. The highest BCUT2D eigenvalue weighted by Crippen LogP contribution is 2.22. The number of sulfone groups is 1. The van der Waals surface area contributed by atoms with Crippen LogP contribution in [0.3, 0.4) is 0 Å². The Labute approximate surface area is 106 Å². The van der Waals surface area contributed by atoms with Gasteiger partial charge in [0, 0.05) is 11.6 Å². The highest BCUT2D eigenvalue weighted by atomic mass is 32.2. The smallest absolute Gasteiger partial charge is 0.273 e. The number of nitrogens with zero attached hydrogens (tertiary/aromatic N) is 1. The molecule has 0 aliphatic rings. The third kappa shape index (κ3) is 3.51. The molecule has 1 aromatic carbocycles. The molecule has 6 nitrogen and oxygen atoms in total. The van der Waals surface area contributed by atoms with Crippen molar-refractivity contribution in [3.8, 4) is 0 Å². The average molecular weight is 272 g/mol. The van der Waals surface area contributed by atoms with Crippen LogP contribution in [0, 0.1) is 10.1 Å². The van der Waals surface area contributed by atoms with Crippen LogP contribution in [0.2, 0.25) is 0 Å². The summed E-state index contributed by atoms with van der Waals surface area (Å²) in [6.07, 6.45) is 0.350. The lowest BCUT2D eigenvalue weighted by Crippen LogP contribution is -2.23. The SMILES string of the molecule is CC(CCN)S(=O)(=O)Cc1ccccc1[N+](=O)[O-]. The van der Waals surface area contributed by atoms with Crippen LogP contribution in [-0.4, -0.2) is 25.1 Å². The van der Waals surface area contributed by atoms with Crippen molar-refractivity contribution < 1.29 is 13.3 Å². The van der Waals surface area contributed by atoms with Crippen LogP contribution in [0.15, 0.2) is 24.3 Å². The number of hydrogen-bond acceptors (Lipinski definition) is 5. The lowest BCUT2D eigenvalue weighted by molar-refractivity contribution is -0.385. The van der Waals surface area contributed by atoms with E-state index < -0.39 is 20.0 Å². The largest absolute Gasteiger partial charge is 0.330 e. The second kappa shape index (κ2) is 5.92. The van der Waals surface area contributed by atoms with Gasteiger partial charge in [-0.3, -0.25) is 10.1 Å². The number of benzene rings is 1. The van der Waals surface area contributed by atoms with Gasteiger partial charge in [-0.15, -0.1) is 0 Å². The van der Waals surface area contributed by atoms with Crippen LogP contribution >= 0.6 is 0 Å². The van der Waals surface area contributed by atoms with Crippen molar-refractivity contribution in [1.29, 1.82) is 0 Å². The van der Waals surface area contributed by atoms with E-state index >= 15 is 0 Å². The summed E-state index contributed by atoms with van der Waals surface area (Å²) in [4.78, 5) is 10.2. The minimum Gasteiger partial charge on any atom is -0.330 e. The number of nitro benzene ring substituents is 1. The molecule has 1 aromatic rings. The molecule has 0 aliphatic carbocycles. The second-order valence-corrected chi connectivity index (χ2v) is 6.50. The van der Waals surface area contributed by atoms with E-state index in [0.717, 1.165) is 0 Å². The molecule has 0 spiro atoms. The molecule has 0 amide bonds. The Morgan fingerprint density at radius 1 is 1.39 bits per heavy atom. The van der Waals surface area contributed by atoms with Gasteiger partial charge in [0.2, 0.25) is 0 Å². The summed E-state index contributed by atoms with van der Waals surface area (Å²) < 4.78 is 24.0. The summed E-state index contributed by atoms with van der Waals surface area (Å²) in [5, 5.41) is 10.2. The Hall–Kier alpha value is -1.47. The molecule has 0 aliphatic heterocycles. The van der Waals surface area contributed by atoms with Crippen LogP contribution < -0.4 is 5.73 Å². The summed E-state index contributed by atoms with van der Waals surface area (Å²) in [6.45, 7) is 1.84. The molecule has 0 heterocycles. The molecular formula is C11H16N2O4S. The van der Waals surface area contributed by atoms with Crippen molar-refractivity contribution in [2.45, 2.75) is 24.3 Å². The van der Waals surface area contributed by atoms with Gasteiger partial charge in [-0.1, -0.05) is 18.2 Å². The molecule has 18 heavy (non-hydrogen) atoms. The molecule has 0 bridgehead atoms. The van der Waals surface area contributed by atoms with Gasteiger partial charge in [0.1, 0.15) is 0 Å². The molecule has 0 radical (unpaired) electrons. The Morgan fingerprint density at radius 3 is 2.56 bits per heavy atom. The average Bonchev–Trinajstić information content (AvgIpc) is 2.29.